The molecule has 1 aliphatic heterocycles. The van der Waals surface area contributed by atoms with Gasteiger partial charge in [0, 0.05) is 0 Å². The summed E-state index contributed by atoms with van der Waals surface area (Å²) in [5.74, 6) is 0.790. The zero-order valence-corrected chi connectivity index (χ0v) is 13.6. The van der Waals surface area contributed by atoms with Crippen LogP contribution in [0.5, 0.6) is 0 Å². The smallest absolute Gasteiger partial charge is 0.264 e. The van der Waals surface area contributed by atoms with Gasteiger partial charge in [-0.1, -0.05) is 0 Å². The average Bonchev–Trinajstić information content (AvgIpc) is 2.84. The highest BCUT2D eigenvalue weighted by atomic mass is 32.2. The van der Waals surface area contributed by atoms with Crippen LogP contribution in [0.4, 0.5) is 0 Å². The molecule has 0 N–H and O–H groups in total. The van der Waals surface area contributed by atoms with Crippen LogP contribution in [-0.2, 0) is 33.3 Å². The van der Waals surface area contributed by atoms with Gasteiger partial charge in [-0.2, -0.15) is 16.8 Å². The molecule has 122 valence electrons. The molecule has 0 bridgehead atoms. The standard InChI is InChI=1S/C12H20O7S2/c1-20(13,14)17-5-7-3-8(6-18-21(2,15)16)11-9(7)4-10-12(11)19-10/h7-12H,3-6H2,1-2H3/t7-,8+,9+,10-,11-,12-/m1/s1. The summed E-state index contributed by atoms with van der Waals surface area (Å²) < 4.78 is 60.0. The lowest BCUT2D eigenvalue weighted by molar-refractivity contribution is 0.141. The van der Waals surface area contributed by atoms with E-state index >= 15 is 0 Å². The van der Waals surface area contributed by atoms with Crippen LogP contribution in [0.1, 0.15) is 12.8 Å². The molecular formula is C12H20O7S2. The summed E-state index contributed by atoms with van der Waals surface area (Å²) in [5.41, 5.74) is 0. The second kappa shape index (κ2) is 5.16. The second-order valence-corrected chi connectivity index (χ2v) is 9.64. The molecule has 0 radical (unpaired) electrons. The van der Waals surface area contributed by atoms with Crippen molar-refractivity contribution < 1.29 is 29.9 Å². The first-order chi connectivity index (χ1) is 9.64. The topological polar surface area (TPSA) is 99.3 Å². The lowest BCUT2D eigenvalue weighted by atomic mass is 9.90. The molecule has 0 amide bonds. The lowest BCUT2D eigenvalue weighted by Gasteiger charge is -2.20. The van der Waals surface area contributed by atoms with E-state index in [-0.39, 0.29) is 43.2 Å². The fourth-order valence-corrected chi connectivity index (χ4v) is 4.84. The van der Waals surface area contributed by atoms with E-state index in [1.165, 1.54) is 0 Å². The van der Waals surface area contributed by atoms with Crippen LogP contribution in [0.2, 0.25) is 0 Å². The van der Waals surface area contributed by atoms with Gasteiger partial charge in [-0.15, -0.1) is 0 Å². The van der Waals surface area contributed by atoms with E-state index in [1.807, 2.05) is 0 Å². The summed E-state index contributed by atoms with van der Waals surface area (Å²) >= 11 is 0. The normalized spacial score (nSPS) is 41.8. The van der Waals surface area contributed by atoms with Gasteiger partial charge in [0.1, 0.15) is 0 Å². The predicted octanol–water partition coefficient (Wildman–Crippen LogP) is -0.0216. The minimum atomic E-state index is -3.47. The van der Waals surface area contributed by atoms with E-state index in [0.29, 0.717) is 12.3 Å². The Bertz CT molecular complexity index is 612. The second-order valence-electron chi connectivity index (χ2n) is 6.35. The van der Waals surface area contributed by atoms with Crippen molar-refractivity contribution in [2.24, 2.45) is 23.7 Å². The van der Waals surface area contributed by atoms with E-state index < -0.39 is 20.2 Å². The molecule has 2 saturated carbocycles. The van der Waals surface area contributed by atoms with E-state index in [4.69, 9.17) is 13.1 Å². The molecule has 2 aliphatic carbocycles. The van der Waals surface area contributed by atoms with Gasteiger partial charge in [0.2, 0.25) is 0 Å². The zero-order valence-electron chi connectivity index (χ0n) is 12.0. The molecule has 0 aromatic heterocycles. The van der Waals surface area contributed by atoms with Crippen LogP contribution in [0.3, 0.4) is 0 Å². The Hall–Kier alpha value is -0.220. The quantitative estimate of drug-likeness (QED) is 0.495. The molecule has 3 fully saturated rings. The fraction of sp³-hybridized carbons (Fsp3) is 1.00. The van der Waals surface area contributed by atoms with Crippen molar-refractivity contribution in [3.05, 3.63) is 0 Å². The van der Waals surface area contributed by atoms with Gasteiger partial charge in [0.05, 0.1) is 37.9 Å². The summed E-state index contributed by atoms with van der Waals surface area (Å²) in [7, 11) is -6.92. The third kappa shape index (κ3) is 3.58. The molecule has 3 aliphatic rings. The molecule has 1 heterocycles. The average molecular weight is 340 g/mol. The van der Waals surface area contributed by atoms with E-state index in [2.05, 4.69) is 0 Å². The summed E-state index contributed by atoms with van der Waals surface area (Å²) in [5, 5.41) is 0. The molecule has 0 unspecified atom stereocenters. The molecule has 9 heteroatoms. The van der Waals surface area contributed by atoms with Gasteiger partial charge in [0.15, 0.2) is 0 Å². The van der Waals surface area contributed by atoms with Crippen LogP contribution < -0.4 is 0 Å². The minimum Gasteiger partial charge on any atom is -0.369 e. The van der Waals surface area contributed by atoms with Crippen molar-refractivity contribution in [2.45, 2.75) is 25.0 Å². The number of epoxide rings is 1. The highest BCUT2D eigenvalue weighted by Crippen LogP contribution is 2.58. The van der Waals surface area contributed by atoms with Gasteiger partial charge >= 0.3 is 0 Å². The molecular weight excluding hydrogens is 320 g/mol. The van der Waals surface area contributed by atoms with Gasteiger partial charge < -0.3 is 4.74 Å². The Balaban J connectivity index is 1.65. The first-order valence-electron chi connectivity index (χ1n) is 6.98. The monoisotopic (exact) mass is 340 g/mol. The molecule has 3 rings (SSSR count). The molecule has 0 aromatic rings. The summed E-state index contributed by atoms with van der Waals surface area (Å²) in [4.78, 5) is 0. The Morgan fingerprint density at radius 1 is 0.952 bits per heavy atom. The van der Waals surface area contributed by atoms with Crippen molar-refractivity contribution >= 4 is 20.2 Å². The molecule has 1 saturated heterocycles. The Morgan fingerprint density at radius 2 is 1.52 bits per heavy atom. The maximum absolute atomic E-state index is 11.2. The van der Waals surface area contributed by atoms with Crippen LogP contribution >= 0.6 is 0 Å². The van der Waals surface area contributed by atoms with Crippen LogP contribution in [0.25, 0.3) is 0 Å². The van der Waals surface area contributed by atoms with Crippen LogP contribution in [0, 0.1) is 23.7 Å². The first-order valence-corrected chi connectivity index (χ1v) is 10.6. The summed E-state index contributed by atoms with van der Waals surface area (Å²) in [6.45, 7) is 0.302. The summed E-state index contributed by atoms with van der Waals surface area (Å²) in [6, 6.07) is 0. The number of fused-ring (bicyclic) bond motifs is 3. The highest BCUT2D eigenvalue weighted by molar-refractivity contribution is 7.86. The number of hydrogen-bond donors (Lipinski definition) is 0. The maximum atomic E-state index is 11.2. The SMILES string of the molecule is CS(=O)(=O)OC[C@H]1C[C@@H](COS(C)(=O)=O)[C@@H]2[C@H]1C[C@H]1O[C@@H]21. The van der Waals surface area contributed by atoms with Crippen molar-refractivity contribution in [3.63, 3.8) is 0 Å². The van der Waals surface area contributed by atoms with Gasteiger partial charge in [-0.3, -0.25) is 8.37 Å². The Kier molecular flexibility index (Phi) is 3.85. The van der Waals surface area contributed by atoms with Crippen molar-refractivity contribution in [1.82, 2.24) is 0 Å². The van der Waals surface area contributed by atoms with Crippen LogP contribution in [0.15, 0.2) is 0 Å². The predicted molar refractivity (Wildman–Crippen MR) is 73.4 cm³/mol. The first kappa shape index (κ1) is 15.7. The van der Waals surface area contributed by atoms with E-state index in [0.717, 1.165) is 18.9 Å². The molecule has 0 spiro atoms. The van der Waals surface area contributed by atoms with E-state index in [9.17, 15) is 16.8 Å². The molecule has 6 atom stereocenters. The molecule has 21 heavy (non-hydrogen) atoms. The van der Waals surface area contributed by atoms with Crippen molar-refractivity contribution in [1.29, 1.82) is 0 Å². The summed E-state index contributed by atoms with van der Waals surface area (Å²) in [6.07, 6.45) is 4.14. The Labute approximate surface area is 125 Å². The highest BCUT2D eigenvalue weighted by Gasteiger charge is 2.62. The fourth-order valence-electron chi connectivity index (χ4n) is 3.99. The number of ether oxygens (including phenoxy) is 1. The zero-order chi connectivity index (χ0) is 15.4. The minimum absolute atomic E-state index is 0.0791. The Morgan fingerprint density at radius 3 is 2.10 bits per heavy atom. The number of rotatable bonds is 6. The largest absolute Gasteiger partial charge is 0.369 e. The van der Waals surface area contributed by atoms with Crippen molar-refractivity contribution in [3.8, 4) is 0 Å². The van der Waals surface area contributed by atoms with Gasteiger partial charge in [-0.25, -0.2) is 0 Å². The van der Waals surface area contributed by atoms with Gasteiger partial charge in [0.25, 0.3) is 20.2 Å². The lowest BCUT2D eigenvalue weighted by Crippen LogP contribution is -2.23. The van der Waals surface area contributed by atoms with E-state index in [1.54, 1.807) is 0 Å². The third-order valence-corrected chi connectivity index (χ3v) is 5.88. The molecule has 0 aromatic carbocycles. The number of hydrogen-bond acceptors (Lipinski definition) is 7. The van der Waals surface area contributed by atoms with Gasteiger partial charge in [-0.05, 0) is 36.5 Å². The van der Waals surface area contributed by atoms with Crippen LogP contribution in [-0.4, -0.2) is 54.8 Å². The van der Waals surface area contributed by atoms with Crippen molar-refractivity contribution in [2.75, 3.05) is 25.7 Å². The third-order valence-electron chi connectivity index (χ3n) is 4.75. The maximum Gasteiger partial charge on any atom is 0.264 e. The molecule has 7 nitrogen and oxygen atoms in total.